The molecule has 2 nitrogen and oxygen atoms in total. The highest BCUT2D eigenvalue weighted by atomic mass is 14.6. The Morgan fingerprint density at radius 1 is 1.00 bits per heavy atom. The van der Waals surface area contributed by atoms with Crippen molar-refractivity contribution in [2.45, 2.75) is 0 Å². The van der Waals surface area contributed by atoms with Crippen LogP contribution in [0.1, 0.15) is 0 Å². The summed E-state index contributed by atoms with van der Waals surface area (Å²) in [6.45, 7) is 4.75. The van der Waals surface area contributed by atoms with Gasteiger partial charge in [-0.15, -0.1) is 0 Å². The number of pyridine rings is 1. The molecule has 0 aliphatic carbocycles. The van der Waals surface area contributed by atoms with Crippen molar-refractivity contribution >= 4 is 10.9 Å². The number of para-hydroxylation sites is 1. The third-order valence-corrected chi connectivity index (χ3v) is 1.51. The van der Waals surface area contributed by atoms with Crippen LogP contribution < -0.4 is 0 Å². The summed E-state index contributed by atoms with van der Waals surface area (Å²) in [5.74, 6) is 0. The van der Waals surface area contributed by atoms with Crippen LogP contribution in [0.3, 0.4) is 0 Å². The van der Waals surface area contributed by atoms with Crippen molar-refractivity contribution in [3.8, 4) is 0 Å². The van der Waals surface area contributed by atoms with Crippen molar-refractivity contribution in [1.29, 1.82) is 5.26 Å². The number of hydrogen-bond acceptors (Lipinski definition) is 2. The Hall–Kier alpha value is -1.88. The van der Waals surface area contributed by atoms with E-state index in [2.05, 4.69) is 17.1 Å². The van der Waals surface area contributed by atoms with Gasteiger partial charge in [0.25, 0.3) is 0 Å². The lowest BCUT2D eigenvalue weighted by Crippen LogP contribution is -1.73. The second-order valence-electron chi connectivity index (χ2n) is 2.20. The minimum atomic E-state index is 1.06. The van der Waals surface area contributed by atoms with E-state index in [1.807, 2.05) is 30.5 Å². The Balaban J connectivity index is 0.000000336. The topological polar surface area (TPSA) is 36.7 Å². The molecule has 0 unspecified atom stereocenters. The van der Waals surface area contributed by atoms with Gasteiger partial charge in [0.1, 0.15) is 0 Å². The van der Waals surface area contributed by atoms with Gasteiger partial charge >= 0.3 is 0 Å². The molecule has 0 aliphatic heterocycles. The first-order valence-corrected chi connectivity index (χ1v) is 3.49. The summed E-state index contributed by atoms with van der Waals surface area (Å²) >= 11 is 0. The van der Waals surface area contributed by atoms with E-state index in [9.17, 15) is 0 Å². The summed E-state index contributed by atoms with van der Waals surface area (Å²) in [4.78, 5) is 4.18. The number of hydrogen-bond donors (Lipinski definition) is 0. The number of rotatable bonds is 0. The Kier molecular flexibility index (Phi) is 2.80. The average Bonchev–Trinajstić information content (AvgIpc) is 2.21. The zero-order valence-electron chi connectivity index (χ0n) is 6.44. The van der Waals surface area contributed by atoms with Crippen LogP contribution in [-0.4, -0.2) is 4.98 Å². The fourth-order valence-electron chi connectivity index (χ4n) is 1.02. The minimum Gasteiger partial charge on any atom is -0.512 e. The van der Waals surface area contributed by atoms with E-state index >= 15 is 0 Å². The molecule has 0 N–H and O–H groups in total. The van der Waals surface area contributed by atoms with Gasteiger partial charge in [-0.1, -0.05) is 24.3 Å². The molecule has 0 radical (unpaired) electrons. The molecule has 0 spiro atoms. The Morgan fingerprint density at radius 3 is 2.42 bits per heavy atom. The molecular formula is C10H7N2-. The molecule has 2 rings (SSSR count). The first kappa shape index (κ1) is 8.22. The highest BCUT2D eigenvalue weighted by Crippen LogP contribution is 2.07. The summed E-state index contributed by atoms with van der Waals surface area (Å²) in [7, 11) is 0. The average molecular weight is 155 g/mol. The molecule has 0 atom stereocenters. The number of fused-ring (bicyclic) bond motifs is 1. The predicted octanol–water partition coefficient (Wildman–Crippen LogP) is 2.33. The summed E-state index contributed by atoms with van der Waals surface area (Å²) in [5, 5.41) is 7.45. The molecule has 0 bridgehead atoms. The van der Waals surface area contributed by atoms with Crippen LogP contribution in [0.4, 0.5) is 0 Å². The number of aromatic nitrogens is 1. The molecule has 0 amide bonds. The quantitative estimate of drug-likeness (QED) is 0.547. The van der Waals surface area contributed by atoms with E-state index in [0.717, 1.165) is 5.52 Å². The van der Waals surface area contributed by atoms with Gasteiger partial charge in [-0.3, -0.25) is 4.98 Å². The van der Waals surface area contributed by atoms with Gasteiger partial charge in [0.2, 0.25) is 0 Å². The first-order chi connectivity index (χ1) is 5.97. The maximum absolute atomic E-state index is 6.25. The van der Waals surface area contributed by atoms with Crippen molar-refractivity contribution < 1.29 is 0 Å². The molecule has 0 aliphatic rings. The van der Waals surface area contributed by atoms with Crippen LogP contribution in [0.5, 0.6) is 0 Å². The Morgan fingerprint density at radius 2 is 1.67 bits per heavy atom. The first-order valence-electron chi connectivity index (χ1n) is 3.49. The Labute approximate surface area is 71.1 Å². The largest absolute Gasteiger partial charge is 0.512 e. The predicted molar refractivity (Wildman–Crippen MR) is 46.7 cm³/mol. The molecule has 1 aromatic heterocycles. The van der Waals surface area contributed by atoms with Crippen molar-refractivity contribution in [1.82, 2.24) is 4.98 Å². The van der Waals surface area contributed by atoms with E-state index in [1.54, 1.807) is 0 Å². The van der Waals surface area contributed by atoms with Gasteiger partial charge in [0.05, 0.1) is 5.52 Å². The number of nitrogens with zero attached hydrogens (tertiary/aromatic N) is 2. The molecule has 1 heterocycles. The lowest BCUT2D eigenvalue weighted by molar-refractivity contribution is 1.41. The molecule has 12 heavy (non-hydrogen) atoms. The zero-order valence-corrected chi connectivity index (χ0v) is 6.44. The molecule has 58 valence electrons. The van der Waals surface area contributed by atoms with Gasteiger partial charge in [-0.2, -0.15) is 0 Å². The van der Waals surface area contributed by atoms with Gasteiger partial charge in [-0.05, 0) is 12.1 Å². The summed E-state index contributed by atoms with van der Waals surface area (Å²) in [5.41, 5.74) is 1.06. The summed E-state index contributed by atoms with van der Waals surface area (Å²) in [6.07, 6.45) is 1.81. The van der Waals surface area contributed by atoms with E-state index in [1.165, 1.54) is 5.39 Å². The molecule has 0 saturated heterocycles. The second kappa shape index (κ2) is 4.09. The minimum absolute atomic E-state index is 1.06. The number of benzene rings is 1. The van der Waals surface area contributed by atoms with E-state index in [0.29, 0.717) is 0 Å². The van der Waals surface area contributed by atoms with E-state index < -0.39 is 0 Å². The van der Waals surface area contributed by atoms with E-state index in [4.69, 9.17) is 11.8 Å². The SMILES string of the molecule is [C-]#N.c1ccc2ncccc2c1. The molecule has 2 aromatic rings. The van der Waals surface area contributed by atoms with Crippen molar-refractivity contribution in [2.75, 3.05) is 0 Å². The lowest BCUT2D eigenvalue weighted by Gasteiger charge is -1.91. The molecule has 1 aromatic carbocycles. The smallest absolute Gasteiger partial charge is 0.0701 e. The maximum Gasteiger partial charge on any atom is 0.0701 e. The third-order valence-electron chi connectivity index (χ3n) is 1.51. The molecule has 0 saturated carbocycles. The maximum atomic E-state index is 6.25. The Bertz CT molecular complexity index is 314. The fourth-order valence-corrected chi connectivity index (χ4v) is 1.02. The van der Waals surface area contributed by atoms with Crippen LogP contribution in [0.25, 0.3) is 10.9 Å². The highest BCUT2D eigenvalue weighted by molar-refractivity contribution is 5.77. The highest BCUT2D eigenvalue weighted by Gasteiger charge is 1.86. The monoisotopic (exact) mass is 155 g/mol. The second-order valence-corrected chi connectivity index (χ2v) is 2.20. The normalized spacial score (nSPS) is 8.50. The zero-order chi connectivity index (χ0) is 8.81. The van der Waals surface area contributed by atoms with Crippen LogP contribution in [-0.2, 0) is 0 Å². The fraction of sp³-hybridized carbons (Fsp3) is 0. The molecular weight excluding hydrogens is 148 g/mol. The van der Waals surface area contributed by atoms with Crippen molar-refractivity contribution in [3.63, 3.8) is 0 Å². The van der Waals surface area contributed by atoms with Crippen molar-refractivity contribution in [3.05, 3.63) is 49.2 Å². The van der Waals surface area contributed by atoms with Gasteiger partial charge in [-0.25, -0.2) is 0 Å². The van der Waals surface area contributed by atoms with Crippen LogP contribution in [0, 0.1) is 11.8 Å². The summed E-state index contributed by atoms with van der Waals surface area (Å²) < 4.78 is 0. The third kappa shape index (κ3) is 1.58. The summed E-state index contributed by atoms with van der Waals surface area (Å²) in [6, 6.07) is 12.1. The van der Waals surface area contributed by atoms with Crippen LogP contribution in [0.2, 0.25) is 0 Å². The van der Waals surface area contributed by atoms with Gasteiger partial charge in [0.15, 0.2) is 0 Å². The van der Waals surface area contributed by atoms with Gasteiger partial charge in [0, 0.05) is 11.6 Å². The molecule has 0 fully saturated rings. The van der Waals surface area contributed by atoms with Gasteiger partial charge < -0.3 is 11.8 Å². The van der Waals surface area contributed by atoms with Crippen LogP contribution in [0.15, 0.2) is 42.6 Å². The standard InChI is InChI=1S/C9H7N.CN/c1-2-6-9-8(4-1)5-3-7-10-9;1-2/h1-7H;/q;-1. The van der Waals surface area contributed by atoms with Crippen LogP contribution >= 0.6 is 0 Å². The van der Waals surface area contributed by atoms with Crippen molar-refractivity contribution in [2.24, 2.45) is 0 Å². The lowest BCUT2D eigenvalue weighted by atomic mass is 10.2. The van der Waals surface area contributed by atoms with E-state index in [-0.39, 0.29) is 0 Å². The molecule has 2 heteroatoms.